The van der Waals surface area contributed by atoms with Crippen molar-refractivity contribution in [3.05, 3.63) is 53.5 Å². The molecule has 0 aliphatic rings. The molecule has 2 N–H and O–H groups in total. The molecule has 1 aromatic carbocycles. The number of methoxy groups -OCH3 is 1. The van der Waals surface area contributed by atoms with Crippen LogP contribution < -0.4 is 10.5 Å². The molecule has 2 rings (SSSR count). The molecule has 1 atom stereocenters. The van der Waals surface area contributed by atoms with Crippen molar-refractivity contribution in [2.45, 2.75) is 32.2 Å². The van der Waals surface area contributed by atoms with Crippen molar-refractivity contribution >= 4 is 0 Å². The van der Waals surface area contributed by atoms with E-state index in [9.17, 15) is 0 Å². The van der Waals surface area contributed by atoms with Crippen molar-refractivity contribution in [2.75, 3.05) is 7.11 Å². The van der Waals surface area contributed by atoms with Crippen LogP contribution in [-0.2, 0) is 12.8 Å². The van der Waals surface area contributed by atoms with Crippen LogP contribution in [0.25, 0.3) is 0 Å². The Balaban J connectivity index is 1.85. The lowest BCUT2D eigenvalue weighted by molar-refractivity contribution is 0.395. The van der Waals surface area contributed by atoms with Gasteiger partial charge in [-0.25, -0.2) is 9.97 Å². The minimum atomic E-state index is 0.0934. The third-order valence-corrected chi connectivity index (χ3v) is 3.30. The van der Waals surface area contributed by atoms with Gasteiger partial charge in [-0.05, 0) is 25.3 Å². The fourth-order valence-electron chi connectivity index (χ4n) is 2.08. The lowest BCUT2D eigenvalue weighted by atomic mass is 10.0. The summed E-state index contributed by atoms with van der Waals surface area (Å²) in [7, 11) is 1.60. The van der Waals surface area contributed by atoms with Gasteiger partial charge in [0.1, 0.15) is 6.33 Å². The van der Waals surface area contributed by atoms with Gasteiger partial charge in [0.2, 0.25) is 5.88 Å². The van der Waals surface area contributed by atoms with Gasteiger partial charge in [0, 0.05) is 24.2 Å². The number of aryl methyl sites for hydroxylation is 2. The third kappa shape index (κ3) is 4.31. The quantitative estimate of drug-likeness (QED) is 0.875. The van der Waals surface area contributed by atoms with E-state index in [4.69, 9.17) is 10.5 Å². The first-order valence-corrected chi connectivity index (χ1v) is 6.83. The van der Waals surface area contributed by atoms with E-state index in [-0.39, 0.29) is 6.04 Å². The van der Waals surface area contributed by atoms with E-state index >= 15 is 0 Å². The number of hydrogen-bond acceptors (Lipinski definition) is 4. The van der Waals surface area contributed by atoms with Crippen LogP contribution in [0.2, 0.25) is 0 Å². The van der Waals surface area contributed by atoms with Crippen molar-refractivity contribution in [3.8, 4) is 5.88 Å². The number of aromatic nitrogens is 2. The molecule has 1 heterocycles. The minimum absolute atomic E-state index is 0.0934. The second-order valence-electron chi connectivity index (χ2n) is 5.04. The maximum Gasteiger partial charge on any atom is 0.216 e. The highest BCUT2D eigenvalue weighted by Gasteiger charge is 2.07. The van der Waals surface area contributed by atoms with Crippen molar-refractivity contribution in [1.82, 2.24) is 9.97 Å². The highest BCUT2D eigenvalue weighted by Crippen LogP contribution is 2.11. The van der Waals surface area contributed by atoms with E-state index in [1.807, 2.05) is 6.07 Å². The van der Waals surface area contributed by atoms with Gasteiger partial charge in [0.05, 0.1) is 7.11 Å². The first kappa shape index (κ1) is 14.5. The summed E-state index contributed by atoms with van der Waals surface area (Å²) in [4.78, 5) is 8.22. The van der Waals surface area contributed by atoms with Crippen molar-refractivity contribution in [2.24, 2.45) is 5.73 Å². The van der Waals surface area contributed by atoms with Crippen LogP contribution in [0.1, 0.15) is 23.2 Å². The SMILES string of the molecule is COc1cc(CC(N)CCc2ccc(C)cc2)ncn1. The van der Waals surface area contributed by atoms with Gasteiger partial charge >= 0.3 is 0 Å². The van der Waals surface area contributed by atoms with E-state index in [0.717, 1.165) is 25.0 Å². The topological polar surface area (TPSA) is 61.0 Å². The predicted octanol–water partition coefficient (Wildman–Crippen LogP) is 2.30. The summed E-state index contributed by atoms with van der Waals surface area (Å²) >= 11 is 0. The summed E-state index contributed by atoms with van der Waals surface area (Å²) in [6.07, 6.45) is 4.19. The van der Waals surface area contributed by atoms with Crippen LogP contribution in [0.4, 0.5) is 0 Å². The molecule has 0 saturated heterocycles. The van der Waals surface area contributed by atoms with Gasteiger partial charge in [0.25, 0.3) is 0 Å². The van der Waals surface area contributed by atoms with Crippen LogP contribution in [0, 0.1) is 6.92 Å². The zero-order valence-electron chi connectivity index (χ0n) is 12.0. The van der Waals surface area contributed by atoms with Gasteiger partial charge in [-0.3, -0.25) is 0 Å². The Labute approximate surface area is 120 Å². The molecular formula is C16H21N3O. The number of nitrogens with two attached hydrogens (primary N) is 1. The average Bonchev–Trinajstić information content (AvgIpc) is 2.47. The van der Waals surface area contributed by atoms with Crippen LogP contribution in [0.5, 0.6) is 5.88 Å². The molecule has 20 heavy (non-hydrogen) atoms. The van der Waals surface area contributed by atoms with Crippen molar-refractivity contribution < 1.29 is 4.74 Å². The Morgan fingerprint density at radius 3 is 2.65 bits per heavy atom. The molecule has 0 fully saturated rings. The van der Waals surface area contributed by atoms with Crippen LogP contribution >= 0.6 is 0 Å². The molecular weight excluding hydrogens is 250 g/mol. The van der Waals surface area contributed by atoms with Gasteiger partial charge in [0.15, 0.2) is 0 Å². The molecule has 0 spiro atoms. The molecule has 0 amide bonds. The summed E-state index contributed by atoms with van der Waals surface area (Å²) in [5.74, 6) is 0.584. The fraction of sp³-hybridized carbons (Fsp3) is 0.375. The highest BCUT2D eigenvalue weighted by atomic mass is 16.5. The number of hydrogen-bond donors (Lipinski definition) is 1. The van der Waals surface area contributed by atoms with Gasteiger partial charge in [-0.2, -0.15) is 0 Å². The summed E-state index contributed by atoms with van der Waals surface area (Å²) < 4.78 is 5.08. The Morgan fingerprint density at radius 1 is 1.20 bits per heavy atom. The maximum absolute atomic E-state index is 6.17. The third-order valence-electron chi connectivity index (χ3n) is 3.30. The molecule has 0 radical (unpaired) electrons. The van der Waals surface area contributed by atoms with E-state index in [1.165, 1.54) is 17.5 Å². The molecule has 0 saturated carbocycles. The van der Waals surface area contributed by atoms with Gasteiger partial charge in [-0.15, -0.1) is 0 Å². The molecule has 4 heteroatoms. The van der Waals surface area contributed by atoms with E-state index in [2.05, 4.69) is 41.2 Å². The first-order valence-electron chi connectivity index (χ1n) is 6.83. The largest absolute Gasteiger partial charge is 0.481 e. The normalized spacial score (nSPS) is 12.2. The first-order chi connectivity index (χ1) is 9.67. The number of rotatable bonds is 6. The zero-order chi connectivity index (χ0) is 14.4. The van der Waals surface area contributed by atoms with Gasteiger partial charge in [-0.1, -0.05) is 29.8 Å². The Kier molecular flexibility index (Phi) is 5.07. The number of ether oxygens (including phenoxy) is 1. The number of nitrogens with zero attached hydrogens (tertiary/aromatic N) is 2. The van der Waals surface area contributed by atoms with Crippen LogP contribution in [0.3, 0.4) is 0 Å². The molecule has 0 bridgehead atoms. The number of benzene rings is 1. The molecule has 1 unspecified atom stereocenters. The van der Waals surface area contributed by atoms with E-state index in [1.54, 1.807) is 7.11 Å². The smallest absolute Gasteiger partial charge is 0.216 e. The molecule has 106 valence electrons. The van der Waals surface area contributed by atoms with E-state index < -0.39 is 0 Å². The maximum atomic E-state index is 6.17. The summed E-state index contributed by atoms with van der Waals surface area (Å²) in [5.41, 5.74) is 9.71. The van der Waals surface area contributed by atoms with Gasteiger partial charge < -0.3 is 10.5 Å². The second kappa shape index (κ2) is 7.01. The average molecular weight is 271 g/mol. The summed E-state index contributed by atoms with van der Waals surface area (Å²) in [6.45, 7) is 2.10. The predicted molar refractivity (Wildman–Crippen MR) is 79.8 cm³/mol. The van der Waals surface area contributed by atoms with Crippen LogP contribution in [-0.4, -0.2) is 23.1 Å². The van der Waals surface area contributed by atoms with E-state index in [0.29, 0.717) is 5.88 Å². The molecule has 0 aliphatic carbocycles. The summed E-state index contributed by atoms with van der Waals surface area (Å²) in [5, 5.41) is 0. The molecule has 1 aromatic heterocycles. The standard InChI is InChI=1S/C16H21N3O/c1-12-3-5-13(6-4-12)7-8-14(17)9-15-10-16(20-2)19-11-18-15/h3-6,10-11,14H,7-9,17H2,1-2H3. The van der Waals surface area contributed by atoms with Crippen molar-refractivity contribution in [3.63, 3.8) is 0 Å². The lowest BCUT2D eigenvalue weighted by Crippen LogP contribution is -2.24. The second-order valence-corrected chi connectivity index (χ2v) is 5.04. The minimum Gasteiger partial charge on any atom is -0.481 e. The lowest BCUT2D eigenvalue weighted by Gasteiger charge is -2.11. The Bertz CT molecular complexity index is 540. The zero-order valence-corrected chi connectivity index (χ0v) is 12.0. The Morgan fingerprint density at radius 2 is 1.95 bits per heavy atom. The monoisotopic (exact) mass is 271 g/mol. The molecule has 0 aliphatic heterocycles. The van der Waals surface area contributed by atoms with Crippen molar-refractivity contribution in [1.29, 1.82) is 0 Å². The fourth-order valence-corrected chi connectivity index (χ4v) is 2.08. The molecule has 4 nitrogen and oxygen atoms in total. The Hall–Kier alpha value is -1.94. The molecule has 2 aromatic rings. The highest BCUT2D eigenvalue weighted by molar-refractivity contribution is 5.21. The summed E-state index contributed by atoms with van der Waals surface area (Å²) in [6, 6.07) is 10.5. The van der Waals surface area contributed by atoms with Crippen LogP contribution in [0.15, 0.2) is 36.7 Å².